The fraction of sp³-hybridized carbons (Fsp3) is 0.222. The number of nitrogens with one attached hydrogen (secondary N) is 1. The molecule has 0 saturated carbocycles. The Hall–Kier alpha value is -1.55. The molecule has 1 unspecified atom stereocenters. The van der Waals surface area contributed by atoms with Gasteiger partial charge in [0.05, 0.1) is 11.4 Å². The van der Waals surface area contributed by atoms with E-state index in [4.69, 9.17) is 0 Å². The Morgan fingerprint density at radius 2 is 2.46 bits per heavy atom. The second kappa shape index (κ2) is 2.23. The van der Waals surface area contributed by atoms with Crippen LogP contribution in [-0.4, -0.2) is 17.9 Å². The quantitative estimate of drug-likeness (QED) is 0.585. The summed E-state index contributed by atoms with van der Waals surface area (Å²) in [4.78, 5) is 4.28. The van der Waals surface area contributed by atoms with Crippen LogP contribution in [0.5, 0.6) is 0 Å². The molecule has 3 rings (SSSR count). The van der Waals surface area contributed by atoms with Crippen molar-refractivity contribution in [3.63, 3.8) is 0 Å². The monoisotopic (exact) mass is 172 g/mol. The molecule has 4 nitrogen and oxygen atoms in total. The van der Waals surface area contributed by atoms with Gasteiger partial charge in [0.2, 0.25) is 0 Å². The van der Waals surface area contributed by atoms with Gasteiger partial charge in [0.15, 0.2) is 0 Å². The largest absolute Gasteiger partial charge is 0.277 e. The molecule has 1 N–H and O–H groups in total. The Bertz CT molecular complexity index is 400. The Kier molecular flexibility index (Phi) is 1.19. The van der Waals surface area contributed by atoms with E-state index in [0.29, 0.717) is 6.67 Å². The molecular weight excluding hydrogens is 164 g/mol. The second-order valence-electron chi connectivity index (χ2n) is 3.13. The third-order valence-electron chi connectivity index (χ3n) is 2.46. The first-order valence-electron chi connectivity index (χ1n) is 4.19. The normalized spacial score (nSPS) is 33.8. The highest BCUT2D eigenvalue weighted by Gasteiger charge is 2.41. The third-order valence-corrected chi connectivity index (χ3v) is 2.46. The molecule has 4 heteroatoms. The zero-order valence-electron chi connectivity index (χ0n) is 6.94. The van der Waals surface area contributed by atoms with Gasteiger partial charge in [-0.2, -0.15) is 10.2 Å². The lowest BCUT2D eigenvalue weighted by molar-refractivity contribution is 0.532. The molecule has 1 spiro atoms. The van der Waals surface area contributed by atoms with Crippen LogP contribution >= 0.6 is 0 Å². The molecule has 0 aromatic heterocycles. The zero-order valence-corrected chi connectivity index (χ0v) is 6.94. The Balaban J connectivity index is 2.22. The van der Waals surface area contributed by atoms with Crippen LogP contribution in [0.15, 0.2) is 51.4 Å². The third kappa shape index (κ3) is 0.754. The minimum absolute atomic E-state index is 0.281. The van der Waals surface area contributed by atoms with Crippen molar-refractivity contribution < 1.29 is 0 Å². The van der Waals surface area contributed by atoms with Crippen molar-refractivity contribution in [2.75, 3.05) is 6.67 Å². The van der Waals surface area contributed by atoms with Gasteiger partial charge in [-0.1, -0.05) is 6.08 Å². The first-order chi connectivity index (χ1) is 6.42. The van der Waals surface area contributed by atoms with Crippen LogP contribution in [0.4, 0.5) is 0 Å². The van der Waals surface area contributed by atoms with E-state index in [0.717, 1.165) is 11.4 Å². The maximum Gasteiger partial charge on any atom is 0.127 e. The molecule has 13 heavy (non-hydrogen) atoms. The summed E-state index contributed by atoms with van der Waals surface area (Å²) in [7, 11) is 0. The minimum atomic E-state index is -0.281. The van der Waals surface area contributed by atoms with Crippen molar-refractivity contribution in [1.82, 2.24) is 5.32 Å². The lowest BCUT2D eigenvalue weighted by atomic mass is 9.87. The van der Waals surface area contributed by atoms with Crippen molar-refractivity contribution in [3.8, 4) is 0 Å². The van der Waals surface area contributed by atoms with Gasteiger partial charge in [-0.3, -0.25) is 10.3 Å². The number of allylic oxidation sites excluding steroid dienone is 2. The highest BCUT2D eigenvalue weighted by molar-refractivity contribution is 6.09. The van der Waals surface area contributed by atoms with Crippen LogP contribution in [0.25, 0.3) is 0 Å². The van der Waals surface area contributed by atoms with Gasteiger partial charge < -0.3 is 0 Å². The van der Waals surface area contributed by atoms with Crippen molar-refractivity contribution in [2.24, 2.45) is 15.2 Å². The Labute approximate surface area is 75.5 Å². The lowest BCUT2D eigenvalue weighted by Crippen LogP contribution is -2.52. The fourth-order valence-corrected chi connectivity index (χ4v) is 1.79. The summed E-state index contributed by atoms with van der Waals surface area (Å²) in [6, 6.07) is 0. The predicted octanol–water partition coefficient (Wildman–Crippen LogP) is 1.16. The van der Waals surface area contributed by atoms with Gasteiger partial charge in [0.1, 0.15) is 12.2 Å². The number of nitrogens with zero attached hydrogens (tertiary/aromatic N) is 3. The molecule has 0 saturated heterocycles. The van der Waals surface area contributed by atoms with E-state index in [1.54, 1.807) is 0 Å². The highest BCUT2D eigenvalue weighted by Crippen LogP contribution is 2.31. The van der Waals surface area contributed by atoms with Crippen molar-refractivity contribution in [1.29, 1.82) is 0 Å². The SMILES string of the molecule is C1=CC2=NC=CC23NCN=NC3=C1. The van der Waals surface area contributed by atoms with Crippen LogP contribution in [0.1, 0.15) is 0 Å². The number of azo groups is 1. The van der Waals surface area contributed by atoms with E-state index in [-0.39, 0.29) is 5.54 Å². The number of hydrogen-bond donors (Lipinski definition) is 1. The molecule has 2 heterocycles. The van der Waals surface area contributed by atoms with Crippen LogP contribution < -0.4 is 5.32 Å². The molecule has 0 aromatic carbocycles. The van der Waals surface area contributed by atoms with E-state index in [9.17, 15) is 0 Å². The molecule has 0 aromatic rings. The number of aliphatic imine (C=N–C) groups is 1. The van der Waals surface area contributed by atoms with E-state index in [1.165, 1.54) is 0 Å². The molecule has 0 fully saturated rings. The summed E-state index contributed by atoms with van der Waals surface area (Å²) in [5, 5.41) is 11.4. The smallest absolute Gasteiger partial charge is 0.127 e. The molecule has 64 valence electrons. The van der Waals surface area contributed by atoms with E-state index < -0.39 is 0 Å². The topological polar surface area (TPSA) is 49.1 Å². The van der Waals surface area contributed by atoms with Crippen molar-refractivity contribution in [2.45, 2.75) is 5.54 Å². The van der Waals surface area contributed by atoms with E-state index >= 15 is 0 Å². The minimum Gasteiger partial charge on any atom is -0.277 e. The maximum absolute atomic E-state index is 4.28. The van der Waals surface area contributed by atoms with Gasteiger partial charge in [0, 0.05) is 6.20 Å². The molecule has 0 radical (unpaired) electrons. The maximum atomic E-state index is 4.28. The van der Waals surface area contributed by atoms with E-state index in [2.05, 4.69) is 20.5 Å². The second-order valence-corrected chi connectivity index (χ2v) is 3.13. The standard InChI is InChI=1S/C9H8N4/c1-2-7-9(4-5-10-7)8(3-1)13-12-6-11-9/h1-5,11H,6H2. The molecule has 3 aliphatic rings. The molecule has 2 aliphatic heterocycles. The van der Waals surface area contributed by atoms with Gasteiger partial charge >= 0.3 is 0 Å². The van der Waals surface area contributed by atoms with Crippen molar-refractivity contribution in [3.05, 3.63) is 36.2 Å². The van der Waals surface area contributed by atoms with Gasteiger partial charge in [-0.15, -0.1) is 0 Å². The molecular formula is C9H8N4. The fourth-order valence-electron chi connectivity index (χ4n) is 1.79. The van der Waals surface area contributed by atoms with Crippen LogP contribution in [0.3, 0.4) is 0 Å². The lowest BCUT2D eigenvalue weighted by Gasteiger charge is -2.32. The summed E-state index contributed by atoms with van der Waals surface area (Å²) < 4.78 is 0. The van der Waals surface area contributed by atoms with Gasteiger partial charge in [-0.05, 0) is 18.2 Å². The molecule has 0 bridgehead atoms. The summed E-state index contributed by atoms with van der Waals surface area (Å²) in [6.45, 7) is 0.550. The summed E-state index contributed by atoms with van der Waals surface area (Å²) in [5.41, 5.74) is 1.65. The first kappa shape index (κ1) is 6.91. The van der Waals surface area contributed by atoms with Crippen molar-refractivity contribution >= 4 is 5.71 Å². The van der Waals surface area contributed by atoms with Crippen LogP contribution in [-0.2, 0) is 0 Å². The Morgan fingerprint density at radius 3 is 3.46 bits per heavy atom. The van der Waals surface area contributed by atoms with Crippen LogP contribution in [0, 0.1) is 0 Å². The summed E-state index contributed by atoms with van der Waals surface area (Å²) in [5.74, 6) is 0. The number of rotatable bonds is 0. The summed E-state index contributed by atoms with van der Waals surface area (Å²) >= 11 is 0. The zero-order chi connectivity index (χ0) is 8.73. The van der Waals surface area contributed by atoms with Crippen LogP contribution in [0.2, 0.25) is 0 Å². The molecule has 1 atom stereocenters. The average molecular weight is 172 g/mol. The highest BCUT2D eigenvalue weighted by atomic mass is 15.3. The molecule has 0 amide bonds. The number of hydrogen-bond acceptors (Lipinski definition) is 4. The first-order valence-corrected chi connectivity index (χ1v) is 4.19. The average Bonchev–Trinajstić information content (AvgIpc) is 2.58. The summed E-state index contributed by atoms with van der Waals surface area (Å²) in [6.07, 6.45) is 9.75. The predicted molar refractivity (Wildman–Crippen MR) is 49.4 cm³/mol. The molecule has 1 aliphatic carbocycles. The van der Waals surface area contributed by atoms with E-state index in [1.807, 2.05) is 30.5 Å². The van der Waals surface area contributed by atoms with Gasteiger partial charge in [-0.25, -0.2) is 0 Å². The Morgan fingerprint density at radius 1 is 1.46 bits per heavy atom. The van der Waals surface area contributed by atoms with Gasteiger partial charge in [0.25, 0.3) is 0 Å².